The van der Waals surface area contributed by atoms with Crippen molar-refractivity contribution in [3.8, 4) is 17.2 Å². The van der Waals surface area contributed by atoms with Crippen LogP contribution >= 0.6 is 0 Å². The smallest absolute Gasteiger partial charge is 0.212 e. The van der Waals surface area contributed by atoms with Crippen molar-refractivity contribution < 1.29 is 8.42 Å². The second kappa shape index (κ2) is 8.24. The van der Waals surface area contributed by atoms with Crippen LogP contribution in [0.1, 0.15) is 50.2 Å². The highest BCUT2D eigenvalue weighted by Gasteiger charge is 2.32. The van der Waals surface area contributed by atoms with Gasteiger partial charge >= 0.3 is 0 Å². The van der Waals surface area contributed by atoms with Gasteiger partial charge in [0.25, 0.3) is 0 Å². The summed E-state index contributed by atoms with van der Waals surface area (Å²) in [5, 5.41) is 8.36. The minimum Gasteiger partial charge on any atom is -0.212 e. The van der Waals surface area contributed by atoms with Crippen LogP contribution in [0.4, 0.5) is 0 Å². The van der Waals surface area contributed by atoms with Crippen LogP contribution in [0.15, 0.2) is 48.5 Å². The fourth-order valence-corrected chi connectivity index (χ4v) is 4.65. The summed E-state index contributed by atoms with van der Waals surface area (Å²) in [5.74, 6) is 0.227. The first-order valence-electron chi connectivity index (χ1n) is 9.48. The molecule has 1 aliphatic rings. The number of nitrogens with one attached hydrogen (secondary N) is 1. The Kier molecular flexibility index (Phi) is 5.98. The normalized spacial score (nSPS) is 19.9. The van der Waals surface area contributed by atoms with Crippen LogP contribution in [0.5, 0.6) is 0 Å². The second-order valence-corrected chi connectivity index (χ2v) is 9.78. The number of benzene rings is 2. The van der Waals surface area contributed by atoms with E-state index in [2.05, 4.69) is 35.1 Å². The van der Waals surface area contributed by atoms with E-state index in [-0.39, 0.29) is 12.0 Å². The summed E-state index contributed by atoms with van der Waals surface area (Å²) in [6.07, 6.45) is 3.36. The van der Waals surface area contributed by atoms with Gasteiger partial charge in [0, 0.05) is 12.0 Å². The van der Waals surface area contributed by atoms with Gasteiger partial charge in [-0.1, -0.05) is 55.0 Å². The first-order valence-corrected chi connectivity index (χ1v) is 11.0. The fourth-order valence-electron chi connectivity index (χ4n) is 3.68. The van der Waals surface area contributed by atoms with Crippen molar-refractivity contribution in [2.24, 2.45) is 0 Å². The summed E-state index contributed by atoms with van der Waals surface area (Å²) in [7, 11) is -3.26. The molecule has 2 aromatic rings. The molecule has 0 saturated heterocycles. The van der Waals surface area contributed by atoms with Crippen LogP contribution in [0, 0.1) is 11.3 Å². The molecule has 1 saturated carbocycles. The lowest BCUT2D eigenvalue weighted by molar-refractivity contribution is 0.519. The Morgan fingerprint density at radius 1 is 1.04 bits per heavy atom. The van der Waals surface area contributed by atoms with E-state index in [0.717, 1.165) is 36.0 Å². The molecule has 0 aromatic heterocycles. The first kappa shape index (κ1) is 19.6. The molecule has 0 spiro atoms. The van der Waals surface area contributed by atoms with Gasteiger partial charge in [-0.25, -0.2) is 13.1 Å². The summed E-state index contributed by atoms with van der Waals surface area (Å²) in [4.78, 5) is 0. The van der Waals surface area contributed by atoms with Gasteiger partial charge in [-0.15, -0.1) is 0 Å². The summed E-state index contributed by atoms with van der Waals surface area (Å²) >= 11 is 0. The Bertz CT molecular complexity index is 910. The van der Waals surface area contributed by atoms with Crippen molar-refractivity contribution in [2.75, 3.05) is 0 Å². The van der Waals surface area contributed by atoms with Crippen molar-refractivity contribution in [3.05, 3.63) is 59.7 Å². The molecule has 0 aliphatic heterocycles. The highest BCUT2D eigenvalue weighted by Crippen LogP contribution is 2.36. The number of nitriles is 1. The number of hydrogen-bond donors (Lipinski definition) is 1. The van der Waals surface area contributed by atoms with E-state index in [1.165, 1.54) is 5.56 Å². The van der Waals surface area contributed by atoms with Gasteiger partial charge in [0.15, 0.2) is 0 Å². The first-order chi connectivity index (χ1) is 12.9. The topological polar surface area (TPSA) is 70.0 Å². The summed E-state index contributed by atoms with van der Waals surface area (Å²) in [6, 6.07) is 18.6. The molecular weight excluding hydrogens is 356 g/mol. The molecule has 0 heterocycles. The van der Waals surface area contributed by atoms with Crippen LogP contribution in [0.3, 0.4) is 0 Å². The van der Waals surface area contributed by atoms with Crippen LogP contribution in [0.25, 0.3) is 11.1 Å². The fraction of sp³-hybridized carbons (Fsp3) is 0.409. The zero-order chi connectivity index (χ0) is 19.4. The molecule has 1 aliphatic carbocycles. The number of sulfonamides is 1. The Hall–Kier alpha value is -2.16. The minimum atomic E-state index is -3.26. The third-order valence-electron chi connectivity index (χ3n) is 5.36. The maximum Gasteiger partial charge on any atom is 0.214 e. The summed E-state index contributed by atoms with van der Waals surface area (Å²) < 4.78 is 27.4. The maximum atomic E-state index is 12.2. The quantitative estimate of drug-likeness (QED) is 0.806. The predicted octanol–water partition coefficient (Wildman–Crippen LogP) is 4.38. The second-order valence-electron chi connectivity index (χ2n) is 7.51. The Morgan fingerprint density at radius 2 is 1.63 bits per heavy atom. The number of rotatable bonds is 6. The molecule has 2 unspecified atom stereocenters. The third kappa shape index (κ3) is 4.58. The zero-order valence-corrected chi connectivity index (χ0v) is 16.7. The average Bonchev–Trinajstić information content (AvgIpc) is 3.10. The molecule has 2 atom stereocenters. The number of nitrogens with zero attached hydrogens (tertiary/aromatic N) is 1. The SMILES string of the molecule is CC(C)S(=O)(=O)NC1CCCC1c1ccc(-c2ccc(CC#N)cc2)cc1. The van der Waals surface area contributed by atoms with Crippen molar-refractivity contribution in [1.29, 1.82) is 5.26 Å². The van der Waals surface area contributed by atoms with Crippen LogP contribution < -0.4 is 4.72 Å². The van der Waals surface area contributed by atoms with Gasteiger partial charge in [-0.05, 0) is 48.9 Å². The molecule has 0 amide bonds. The summed E-state index contributed by atoms with van der Waals surface area (Å²) in [5.41, 5.74) is 4.45. The monoisotopic (exact) mass is 382 g/mol. The highest BCUT2D eigenvalue weighted by atomic mass is 32.2. The molecule has 4 nitrogen and oxygen atoms in total. The van der Waals surface area contributed by atoms with Gasteiger partial charge in [-0.3, -0.25) is 0 Å². The van der Waals surface area contributed by atoms with Crippen molar-refractivity contribution in [3.63, 3.8) is 0 Å². The summed E-state index contributed by atoms with van der Waals surface area (Å²) in [6.45, 7) is 3.42. The lowest BCUT2D eigenvalue weighted by Crippen LogP contribution is -2.40. The van der Waals surface area contributed by atoms with Gasteiger partial charge in [0.05, 0.1) is 17.7 Å². The molecule has 2 aromatic carbocycles. The van der Waals surface area contributed by atoms with E-state index >= 15 is 0 Å². The van der Waals surface area contributed by atoms with Gasteiger partial charge < -0.3 is 0 Å². The predicted molar refractivity (Wildman–Crippen MR) is 109 cm³/mol. The maximum absolute atomic E-state index is 12.2. The minimum absolute atomic E-state index is 0.0199. The standard InChI is InChI=1S/C22H26N2O2S/c1-16(2)27(25,26)24-22-5-3-4-21(22)20-12-10-19(11-13-20)18-8-6-17(7-9-18)14-15-23/h6-13,16,21-22,24H,3-5,14H2,1-2H3. The third-order valence-corrected chi connectivity index (χ3v) is 7.23. The zero-order valence-electron chi connectivity index (χ0n) is 15.9. The van der Waals surface area contributed by atoms with Crippen molar-refractivity contribution in [1.82, 2.24) is 4.72 Å². The van der Waals surface area contributed by atoms with Crippen LogP contribution in [-0.4, -0.2) is 19.7 Å². The average molecular weight is 383 g/mol. The molecule has 0 radical (unpaired) electrons. The van der Waals surface area contributed by atoms with E-state index < -0.39 is 15.3 Å². The lowest BCUT2D eigenvalue weighted by Gasteiger charge is -2.23. The van der Waals surface area contributed by atoms with E-state index in [9.17, 15) is 8.42 Å². The Labute approximate surface area is 162 Å². The Morgan fingerprint density at radius 3 is 2.19 bits per heavy atom. The largest absolute Gasteiger partial charge is 0.214 e. The Balaban J connectivity index is 1.75. The molecular formula is C22H26N2O2S. The van der Waals surface area contributed by atoms with Crippen molar-refractivity contribution in [2.45, 2.75) is 56.7 Å². The van der Waals surface area contributed by atoms with E-state index in [1.54, 1.807) is 13.8 Å². The molecule has 142 valence electrons. The molecule has 27 heavy (non-hydrogen) atoms. The molecule has 3 rings (SSSR count). The molecule has 5 heteroatoms. The number of hydrogen-bond acceptors (Lipinski definition) is 3. The lowest BCUT2D eigenvalue weighted by atomic mass is 9.92. The molecule has 1 fully saturated rings. The molecule has 1 N–H and O–H groups in total. The van der Waals surface area contributed by atoms with Crippen LogP contribution in [-0.2, 0) is 16.4 Å². The van der Waals surface area contributed by atoms with Gasteiger partial charge in [0.2, 0.25) is 10.0 Å². The van der Waals surface area contributed by atoms with Crippen LogP contribution in [0.2, 0.25) is 0 Å². The van der Waals surface area contributed by atoms with Gasteiger partial charge in [-0.2, -0.15) is 5.26 Å². The van der Waals surface area contributed by atoms with E-state index in [1.807, 2.05) is 24.3 Å². The van der Waals surface area contributed by atoms with E-state index in [0.29, 0.717) is 6.42 Å². The molecule has 0 bridgehead atoms. The van der Waals surface area contributed by atoms with Crippen molar-refractivity contribution >= 4 is 10.0 Å². The van der Waals surface area contributed by atoms with E-state index in [4.69, 9.17) is 5.26 Å². The van der Waals surface area contributed by atoms with Gasteiger partial charge in [0.1, 0.15) is 0 Å². The highest BCUT2D eigenvalue weighted by molar-refractivity contribution is 7.90.